The molecule has 0 saturated carbocycles. The average molecular weight is 1700 g/mol. The second-order valence-corrected chi connectivity index (χ2v) is 36.1. The topological polar surface area (TPSA) is 333 Å². The SMILES string of the molecule is CC(C)(C)c1cccc(NC(=O)C2CCc3ccc(Oc4ccnc(-c5ncc(C(=O)O)[nH]5)c4)cc3C2)c1.CC(C)(C)c1cccc(NC(=O)C2CCc3ccc(Oc4ccnc(-c5ncc(C=O)[nH]5)c4)cc3C2)c1.CN1CCN(C(=O)c2cnc(-c3cc(Oc4ccc5c(c4)CC(C(=O)Nc4cccc(C(C)(C)C)c4)CC5)ccn3)[nH]2)CC1.CN1CCNCC1. The van der Waals surface area contributed by atoms with E-state index < -0.39 is 5.97 Å². The Balaban J connectivity index is 0.000000148. The summed E-state index contributed by atoms with van der Waals surface area (Å²) in [6, 6.07) is 53.0. The fourth-order valence-electron chi connectivity index (χ4n) is 15.8. The molecule has 6 aromatic heterocycles. The van der Waals surface area contributed by atoms with E-state index in [0.717, 1.165) is 98.5 Å². The molecule has 126 heavy (non-hydrogen) atoms. The zero-order chi connectivity index (χ0) is 88.8. The third-order valence-electron chi connectivity index (χ3n) is 23.4. The van der Waals surface area contributed by atoms with Crippen molar-refractivity contribution in [2.24, 2.45) is 17.8 Å². The summed E-state index contributed by atoms with van der Waals surface area (Å²) in [5.41, 5.74) is 15.7. The summed E-state index contributed by atoms with van der Waals surface area (Å²) in [7, 11) is 4.21. The predicted octanol–water partition coefficient (Wildman–Crippen LogP) is 17.3. The first-order chi connectivity index (χ1) is 60.4. The van der Waals surface area contributed by atoms with Gasteiger partial charge >= 0.3 is 5.97 Å². The predicted molar refractivity (Wildman–Crippen MR) is 489 cm³/mol. The highest BCUT2D eigenvalue weighted by Crippen LogP contribution is 2.38. The van der Waals surface area contributed by atoms with E-state index in [2.05, 4.69) is 207 Å². The minimum Gasteiger partial charge on any atom is -0.477 e. The lowest BCUT2D eigenvalue weighted by atomic mass is 9.83. The summed E-state index contributed by atoms with van der Waals surface area (Å²) in [4.78, 5) is 115. The van der Waals surface area contributed by atoms with Gasteiger partial charge in [-0.05, 0) is 229 Å². The normalized spacial score (nSPS) is 16.3. The van der Waals surface area contributed by atoms with Crippen LogP contribution in [0, 0.1) is 17.8 Å². The smallest absolute Gasteiger partial charge is 0.353 e. The highest BCUT2D eigenvalue weighted by molar-refractivity contribution is 5.95. The number of carbonyl (C=O) groups excluding carboxylic acids is 5. The molecule has 5 aliphatic rings. The number of aromatic amines is 3. The van der Waals surface area contributed by atoms with Crippen LogP contribution < -0.4 is 35.5 Å². The number of aldehydes is 1. The minimum atomic E-state index is -1.09. The van der Waals surface area contributed by atoms with E-state index in [9.17, 15) is 28.8 Å². The number of anilines is 3. The molecule has 2 saturated heterocycles. The quantitative estimate of drug-likeness (QED) is 0.0370. The number of pyridine rings is 3. The number of H-pyrrole nitrogens is 3. The number of aryl methyl sites for hydroxylation is 3. The van der Waals surface area contributed by atoms with Crippen LogP contribution in [0.3, 0.4) is 0 Å². The molecule has 2 aliphatic heterocycles. The highest BCUT2D eigenvalue weighted by atomic mass is 16.5. The van der Waals surface area contributed by atoms with E-state index in [-0.39, 0.29) is 63.3 Å². The first-order valence-corrected chi connectivity index (χ1v) is 43.2. The van der Waals surface area contributed by atoms with Crippen molar-refractivity contribution in [3.8, 4) is 69.1 Å². The summed E-state index contributed by atoms with van der Waals surface area (Å²) >= 11 is 0. The second-order valence-electron chi connectivity index (χ2n) is 36.1. The molecule has 4 amide bonds. The third-order valence-corrected chi connectivity index (χ3v) is 23.4. The highest BCUT2D eigenvalue weighted by Gasteiger charge is 2.31. The zero-order valence-corrected chi connectivity index (χ0v) is 73.5. The lowest BCUT2D eigenvalue weighted by Gasteiger charge is -2.32. The van der Waals surface area contributed by atoms with Crippen molar-refractivity contribution >= 4 is 52.9 Å². The van der Waals surface area contributed by atoms with Gasteiger partial charge in [-0.2, -0.15) is 0 Å². The Kier molecular flexibility index (Phi) is 28.0. The summed E-state index contributed by atoms with van der Waals surface area (Å²) in [6.07, 6.45) is 16.8. The first kappa shape index (κ1) is 89.0. The minimum absolute atomic E-state index is 0.00979. The van der Waals surface area contributed by atoms with Gasteiger partial charge in [-0.3, -0.25) is 38.9 Å². The number of carboxylic acid groups (broad SMARTS) is 1. The molecule has 8 N–H and O–H groups in total. The Morgan fingerprint density at radius 1 is 0.405 bits per heavy atom. The lowest BCUT2D eigenvalue weighted by molar-refractivity contribution is -0.121. The summed E-state index contributed by atoms with van der Waals surface area (Å²) in [5, 5.41) is 21.8. The van der Waals surface area contributed by atoms with Gasteiger partial charge in [-0.1, -0.05) is 117 Å². The Hall–Kier alpha value is -13.3. The molecule has 2 fully saturated rings. The van der Waals surface area contributed by atoms with Gasteiger partial charge in [0.25, 0.3) is 5.91 Å². The van der Waals surface area contributed by atoms with Gasteiger partial charge in [-0.15, -0.1) is 0 Å². The number of piperazine rings is 2. The number of nitrogens with zero attached hydrogens (tertiary/aromatic N) is 9. The second kappa shape index (κ2) is 39.7. The fourth-order valence-corrected chi connectivity index (χ4v) is 15.8. The van der Waals surface area contributed by atoms with Crippen LogP contribution in [0.1, 0.15) is 163 Å². The molecule has 0 spiro atoms. The molecular weight excluding hydrogens is 1590 g/mol. The number of ether oxygens (including phenoxy) is 3. The fraction of sp³-hybridized carbons (Fsp3) is 0.340. The van der Waals surface area contributed by atoms with Crippen molar-refractivity contribution in [1.82, 2.24) is 64.9 Å². The number of likely N-dealkylation sites (N-methyl/N-ethyl adjacent to an activating group) is 2. The van der Waals surface area contributed by atoms with E-state index in [1.807, 2.05) is 83.8 Å². The van der Waals surface area contributed by atoms with Gasteiger partial charge in [0, 0.05) is 124 Å². The Morgan fingerprint density at radius 3 is 1.10 bits per heavy atom. The zero-order valence-electron chi connectivity index (χ0n) is 73.5. The molecule has 3 aliphatic carbocycles. The maximum atomic E-state index is 13.2. The maximum Gasteiger partial charge on any atom is 0.353 e. The van der Waals surface area contributed by atoms with Crippen molar-refractivity contribution in [2.45, 2.75) is 136 Å². The number of hydrogen-bond donors (Lipinski definition) is 8. The van der Waals surface area contributed by atoms with Crippen molar-refractivity contribution in [3.05, 3.63) is 268 Å². The monoisotopic (exact) mass is 1700 g/mol. The van der Waals surface area contributed by atoms with Crippen LogP contribution in [0.2, 0.25) is 0 Å². The van der Waals surface area contributed by atoms with E-state index in [1.165, 1.54) is 58.9 Å². The Bertz CT molecular complexity index is 5880. The number of aromatic carboxylic acids is 1. The van der Waals surface area contributed by atoms with Crippen LogP contribution in [-0.2, 0) is 69.2 Å². The molecule has 26 nitrogen and oxygen atoms in total. The van der Waals surface area contributed by atoms with Crippen LogP contribution >= 0.6 is 0 Å². The molecule has 26 heteroatoms. The standard InChI is InChI=1S/C35H40N6O3.C30H30N4O4.C30H30N4O3.C5H12N2/c1-35(2,3)26-6-5-7-27(20-26)38-33(42)24-9-8-23-10-11-28(19-25(23)18-24)44-29-12-13-36-30(21-29)32-37-22-31(39-32)34(43)41-16-14-40(4)15-17-41;1-30(2,3)21-5-4-6-22(15-21)33-28(35)19-8-7-18-9-10-23(14-20(18)13-19)38-24-11-12-31-25(16-24)27-32-17-26(34-27)29(36)37;1-30(2,3)22-5-4-6-23(15-22)34-29(36)20-8-7-19-9-10-25(14-21(19)13-20)37-26-11-12-31-27(16-26)28-32-17-24(18-35)33-28;1-7-4-2-6-3-5-7/h5-7,10-13,19-22,24H,8-9,14-18H2,1-4H3,(H,37,39)(H,38,42);4-6,9-12,14-17,19H,7-8,13H2,1-3H3,(H,32,34)(H,33,35)(H,36,37);4-6,9-12,14-18,20H,7-8,13H2,1-3H3,(H,32,33)(H,34,36);6H,2-5H2,1H3. The molecule has 0 radical (unpaired) electrons. The first-order valence-electron chi connectivity index (χ1n) is 43.2. The van der Waals surface area contributed by atoms with Crippen LogP contribution in [0.5, 0.6) is 34.5 Å². The van der Waals surface area contributed by atoms with E-state index in [0.29, 0.717) is 119 Å². The lowest BCUT2D eigenvalue weighted by Crippen LogP contribution is -2.47. The number of benzene rings is 6. The molecule has 17 rings (SSSR count). The van der Waals surface area contributed by atoms with Crippen molar-refractivity contribution in [3.63, 3.8) is 0 Å². The molecule has 12 aromatic rings. The number of hydrogen-bond acceptors (Lipinski definition) is 18. The van der Waals surface area contributed by atoms with Gasteiger partial charge in [0.05, 0.1) is 24.3 Å². The van der Waals surface area contributed by atoms with Gasteiger partial charge < -0.3 is 70.2 Å². The van der Waals surface area contributed by atoms with Crippen LogP contribution in [0.15, 0.2) is 201 Å². The van der Waals surface area contributed by atoms with E-state index >= 15 is 0 Å². The largest absolute Gasteiger partial charge is 0.477 e. The van der Waals surface area contributed by atoms with Gasteiger partial charge in [0.15, 0.2) is 23.8 Å². The van der Waals surface area contributed by atoms with Crippen LogP contribution in [-0.4, -0.2) is 167 Å². The summed E-state index contributed by atoms with van der Waals surface area (Å²) in [5.74, 6) is 3.86. The summed E-state index contributed by atoms with van der Waals surface area (Å²) < 4.78 is 18.5. The Morgan fingerprint density at radius 2 is 0.754 bits per heavy atom. The number of rotatable bonds is 18. The number of nitrogens with one attached hydrogen (secondary N) is 7. The maximum absolute atomic E-state index is 13.2. The van der Waals surface area contributed by atoms with Crippen LogP contribution in [0.4, 0.5) is 17.1 Å². The molecule has 8 heterocycles. The van der Waals surface area contributed by atoms with Gasteiger partial charge in [0.2, 0.25) is 17.7 Å². The van der Waals surface area contributed by atoms with Gasteiger partial charge in [0.1, 0.15) is 63.0 Å². The average Bonchev–Trinajstić information content (AvgIpc) is 1.77. The van der Waals surface area contributed by atoms with Crippen LogP contribution in [0.25, 0.3) is 34.6 Å². The van der Waals surface area contributed by atoms with Crippen molar-refractivity contribution in [2.75, 3.05) is 82.4 Å². The summed E-state index contributed by atoms with van der Waals surface area (Å²) in [6.45, 7) is 27.3. The van der Waals surface area contributed by atoms with Gasteiger partial charge in [-0.25, -0.2) is 19.7 Å². The molecule has 6 aromatic carbocycles. The third kappa shape index (κ3) is 23.6. The number of carboxylic acids is 1. The number of amides is 4. The number of imidazole rings is 3. The van der Waals surface area contributed by atoms with Crippen molar-refractivity contribution in [1.29, 1.82) is 0 Å². The number of aromatic nitrogens is 9. The number of fused-ring (bicyclic) bond motifs is 3. The molecule has 0 bridgehead atoms. The molecule has 652 valence electrons. The molecular formula is C100H112N16O10. The van der Waals surface area contributed by atoms with Crippen molar-refractivity contribution < 1.29 is 48.1 Å². The number of carbonyl (C=O) groups is 6. The molecule has 3 unspecified atom stereocenters. The van der Waals surface area contributed by atoms with E-state index in [1.54, 1.807) is 55.1 Å². The Labute approximate surface area is 735 Å². The molecule has 3 atom stereocenters. The van der Waals surface area contributed by atoms with E-state index in [4.69, 9.17) is 19.3 Å².